The number of likely N-dealkylation sites (tertiary alicyclic amines) is 4. The quantitative estimate of drug-likeness (QED) is 0.713. The lowest BCUT2D eigenvalue weighted by atomic mass is 9.77. The van der Waals surface area contributed by atoms with Gasteiger partial charge in [-0.1, -0.05) is 0 Å². The van der Waals surface area contributed by atoms with Crippen LogP contribution in [0.3, 0.4) is 0 Å². The number of piperidine rings is 1. The number of hydrogen-bond donors (Lipinski definition) is 0. The molecule has 0 bridgehead atoms. The first-order valence-electron chi connectivity index (χ1n) is 11.9. The molecule has 4 heterocycles. The van der Waals surface area contributed by atoms with Gasteiger partial charge in [-0.05, 0) is 112 Å². The van der Waals surface area contributed by atoms with Gasteiger partial charge in [0.1, 0.15) is 0 Å². The highest BCUT2D eigenvalue weighted by molar-refractivity contribution is 5.04. The Bertz CT molecular complexity index is 555. The van der Waals surface area contributed by atoms with Crippen LogP contribution >= 0.6 is 0 Å². The molecule has 0 aromatic heterocycles. The molecule has 0 atom stereocenters. The molecule has 4 saturated heterocycles. The number of rotatable bonds is 5. The molecule has 0 N–H and O–H groups in total. The van der Waals surface area contributed by atoms with E-state index in [2.05, 4.69) is 61.4 Å². The van der Waals surface area contributed by atoms with Gasteiger partial charge >= 0.3 is 0 Å². The molecule has 4 heteroatoms. The highest BCUT2D eigenvalue weighted by atomic mass is 15.3. The smallest absolute Gasteiger partial charge is 0.0154 e. The molecule has 0 aliphatic carbocycles. The lowest BCUT2D eigenvalue weighted by molar-refractivity contribution is 0.0135. The van der Waals surface area contributed by atoms with Gasteiger partial charge in [0.05, 0.1) is 0 Å². The van der Waals surface area contributed by atoms with Crippen LogP contribution in [-0.4, -0.2) is 97.1 Å². The molecule has 0 saturated carbocycles. The van der Waals surface area contributed by atoms with Crippen molar-refractivity contribution in [3.8, 4) is 0 Å². The zero-order chi connectivity index (χ0) is 20.2. The SMILES string of the molecule is CN1CCC2(CC1)CCN(C(C)(C)CCC(C)(C)N1CCC3(CN(C)C3)C1)C2. The standard InChI is InChI=1S/C24H46N4/c1-21(2,27-15-11-23(19-27)9-13-25(5)14-10-23)7-8-22(3,4)28-16-12-24(20-28)17-26(6)18-24/h7-20H2,1-6H3. The Morgan fingerprint density at radius 2 is 1.00 bits per heavy atom. The maximum absolute atomic E-state index is 2.85. The molecule has 0 amide bonds. The fourth-order valence-corrected chi connectivity index (χ4v) is 6.69. The molecule has 0 radical (unpaired) electrons. The lowest BCUT2D eigenvalue weighted by Crippen LogP contribution is -2.57. The summed E-state index contributed by atoms with van der Waals surface area (Å²) in [4.78, 5) is 10.7. The van der Waals surface area contributed by atoms with Crippen LogP contribution in [0.4, 0.5) is 0 Å². The molecule has 162 valence electrons. The molecule has 2 spiro atoms. The average molecular weight is 391 g/mol. The summed E-state index contributed by atoms with van der Waals surface area (Å²) >= 11 is 0. The molecule has 0 unspecified atom stereocenters. The summed E-state index contributed by atoms with van der Waals surface area (Å²) in [5.41, 5.74) is 1.91. The highest BCUT2D eigenvalue weighted by Crippen LogP contribution is 2.45. The molecule has 4 fully saturated rings. The molecule has 4 aliphatic rings. The second-order valence-corrected chi connectivity index (χ2v) is 12.4. The molecular weight excluding hydrogens is 344 g/mol. The van der Waals surface area contributed by atoms with E-state index >= 15 is 0 Å². The second kappa shape index (κ2) is 7.21. The van der Waals surface area contributed by atoms with Crippen LogP contribution in [0.15, 0.2) is 0 Å². The summed E-state index contributed by atoms with van der Waals surface area (Å²) in [6.45, 7) is 20.6. The van der Waals surface area contributed by atoms with Gasteiger partial charge in [-0.3, -0.25) is 9.80 Å². The highest BCUT2D eigenvalue weighted by Gasteiger charge is 2.49. The van der Waals surface area contributed by atoms with Crippen molar-refractivity contribution >= 4 is 0 Å². The van der Waals surface area contributed by atoms with Crippen LogP contribution in [0.5, 0.6) is 0 Å². The first-order chi connectivity index (χ1) is 13.0. The molecule has 4 nitrogen and oxygen atoms in total. The van der Waals surface area contributed by atoms with E-state index in [4.69, 9.17) is 0 Å². The van der Waals surface area contributed by atoms with Crippen molar-refractivity contribution in [2.75, 3.05) is 66.5 Å². The van der Waals surface area contributed by atoms with Crippen molar-refractivity contribution in [2.24, 2.45) is 10.8 Å². The monoisotopic (exact) mass is 390 g/mol. The van der Waals surface area contributed by atoms with Crippen LogP contribution < -0.4 is 0 Å². The number of hydrogen-bond acceptors (Lipinski definition) is 4. The Morgan fingerprint density at radius 3 is 1.50 bits per heavy atom. The Morgan fingerprint density at radius 1 is 0.571 bits per heavy atom. The minimum Gasteiger partial charge on any atom is -0.306 e. The summed E-state index contributed by atoms with van der Waals surface area (Å²) in [5, 5.41) is 0. The zero-order valence-electron chi connectivity index (χ0n) is 19.7. The van der Waals surface area contributed by atoms with Crippen LogP contribution in [0, 0.1) is 10.8 Å². The van der Waals surface area contributed by atoms with Crippen LogP contribution in [0.1, 0.15) is 66.2 Å². The Balaban J connectivity index is 1.30. The zero-order valence-corrected chi connectivity index (χ0v) is 19.7. The molecule has 28 heavy (non-hydrogen) atoms. The van der Waals surface area contributed by atoms with Gasteiger partial charge in [-0.25, -0.2) is 0 Å². The van der Waals surface area contributed by atoms with Crippen molar-refractivity contribution in [3.63, 3.8) is 0 Å². The van der Waals surface area contributed by atoms with E-state index in [-0.39, 0.29) is 0 Å². The number of nitrogens with zero attached hydrogens (tertiary/aromatic N) is 4. The lowest BCUT2D eigenvalue weighted by Gasteiger charge is -2.48. The van der Waals surface area contributed by atoms with Crippen molar-refractivity contribution in [1.29, 1.82) is 0 Å². The summed E-state index contributed by atoms with van der Waals surface area (Å²) in [5.74, 6) is 0. The largest absolute Gasteiger partial charge is 0.306 e. The predicted octanol–water partition coefficient (Wildman–Crippen LogP) is 3.38. The Kier molecular flexibility index (Phi) is 5.43. The predicted molar refractivity (Wildman–Crippen MR) is 119 cm³/mol. The van der Waals surface area contributed by atoms with Crippen molar-refractivity contribution in [1.82, 2.24) is 19.6 Å². The summed E-state index contributed by atoms with van der Waals surface area (Å²) in [7, 11) is 4.56. The summed E-state index contributed by atoms with van der Waals surface area (Å²) in [6, 6.07) is 0. The minimum absolute atomic E-state index is 0.332. The maximum Gasteiger partial charge on any atom is 0.0154 e. The van der Waals surface area contributed by atoms with Gasteiger partial charge in [0.15, 0.2) is 0 Å². The van der Waals surface area contributed by atoms with E-state index in [0.717, 1.165) is 0 Å². The van der Waals surface area contributed by atoms with Crippen LogP contribution in [0.2, 0.25) is 0 Å². The first kappa shape index (κ1) is 21.1. The normalized spacial score (nSPS) is 29.8. The van der Waals surface area contributed by atoms with Crippen molar-refractivity contribution < 1.29 is 0 Å². The third-order valence-corrected chi connectivity index (χ3v) is 9.20. The topological polar surface area (TPSA) is 13.0 Å². The van der Waals surface area contributed by atoms with Gasteiger partial charge in [0.2, 0.25) is 0 Å². The van der Waals surface area contributed by atoms with Gasteiger partial charge in [0.25, 0.3) is 0 Å². The van der Waals surface area contributed by atoms with Gasteiger partial charge in [0, 0.05) is 42.7 Å². The van der Waals surface area contributed by atoms with Crippen molar-refractivity contribution in [2.45, 2.75) is 77.3 Å². The van der Waals surface area contributed by atoms with Crippen molar-refractivity contribution in [3.05, 3.63) is 0 Å². The fourth-order valence-electron chi connectivity index (χ4n) is 6.69. The van der Waals surface area contributed by atoms with E-state index < -0.39 is 0 Å². The van der Waals surface area contributed by atoms with Crippen LogP contribution in [-0.2, 0) is 0 Å². The van der Waals surface area contributed by atoms with E-state index in [0.29, 0.717) is 21.9 Å². The molecule has 0 aromatic carbocycles. The first-order valence-corrected chi connectivity index (χ1v) is 11.9. The van der Waals surface area contributed by atoms with E-state index in [1.54, 1.807) is 0 Å². The van der Waals surface area contributed by atoms with Gasteiger partial charge in [-0.2, -0.15) is 0 Å². The molecule has 4 rings (SSSR count). The second-order valence-electron chi connectivity index (χ2n) is 12.4. The average Bonchev–Trinajstić information content (AvgIpc) is 3.23. The van der Waals surface area contributed by atoms with E-state index in [1.165, 1.54) is 90.9 Å². The van der Waals surface area contributed by atoms with Gasteiger partial charge in [-0.15, -0.1) is 0 Å². The van der Waals surface area contributed by atoms with E-state index in [9.17, 15) is 0 Å². The summed E-state index contributed by atoms with van der Waals surface area (Å²) < 4.78 is 0. The Hall–Kier alpha value is -0.160. The van der Waals surface area contributed by atoms with E-state index in [1.807, 2.05) is 0 Å². The van der Waals surface area contributed by atoms with Gasteiger partial charge < -0.3 is 9.80 Å². The third-order valence-electron chi connectivity index (χ3n) is 9.20. The molecule has 0 aromatic rings. The third kappa shape index (κ3) is 4.04. The molecule has 4 aliphatic heterocycles. The minimum atomic E-state index is 0.332. The van der Waals surface area contributed by atoms with Crippen LogP contribution in [0.25, 0.3) is 0 Å². The fraction of sp³-hybridized carbons (Fsp3) is 1.00. The maximum atomic E-state index is 2.85. The summed E-state index contributed by atoms with van der Waals surface area (Å²) in [6.07, 6.45) is 8.29. The Labute approximate surface area is 174 Å². The molecular formula is C24H46N4.